The molecule has 0 fully saturated rings. The number of rotatable bonds is 3. The third-order valence-electron chi connectivity index (χ3n) is 2.88. The van der Waals surface area contributed by atoms with Crippen molar-refractivity contribution in [2.45, 2.75) is 39.8 Å². The van der Waals surface area contributed by atoms with Crippen molar-refractivity contribution in [2.24, 2.45) is 0 Å². The van der Waals surface area contributed by atoms with Crippen molar-refractivity contribution < 1.29 is 4.39 Å². The van der Waals surface area contributed by atoms with E-state index < -0.39 is 0 Å². The van der Waals surface area contributed by atoms with E-state index >= 15 is 0 Å². The van der Waals surface area contributed by atoms with Gasteiger partial charge in [0.05, 0.1) is 10.2 Å². The van der Waals surface area contributed by atoms with Gasteiger partial charge in [0.1, 0.15) is 5.82 Å². The van der Waals surface area contributed by atoms with Crippen molar-refractivity contribution >= 4 is 15.9 Å². The van der Waals surface area contributed by atoms with Crippen LogP contribution in [-0.2, 0) is 6.54 Å². The summed E-state index contributed by atoms with van der Waals surface area (Å²) in [4.78, 5) is 9.00. The summed E-state index contributed by atoms with van der Waals surface area (Å²) < 4.78 is 13.7. The molecule has 112 valence electrons. The molecule has 0 amide bonds. The van der Waals surface area contributed by atoms with Gasteiger partial charge >= 0.3 is 0 Å². The summed E-state index contributed by atoms with van der Waals surface area (Å²) in [5.41, 5.74) is 2.64. The SMILES string of the molecule is Cc1cc(CNC(C)(C)C)nc(-c2ccc(F)c(Br)c2)n1. The first-order valence-electron chi connectivity index (χ1n) is 6.79. The number of nitrogens with one attached hydrogen (secondary N) is 1. The van der Waals surface area contributed by atoms with Gasteiger partial charge in [-0.3, -0.25) is 0 Å². The van der Waals surface area contributed by atoms with Gasteiger partial charge in [0.15, 0.2) is 5.82 Å². The topological polar surface area (TPSA) is 37.8 Å². The van der Waals surface area contributed by atoms with E-state index in [-0.39, 0.29) is 11.4 Å². The molecule has 3 nitrogen and oxygen atoms in total. The molecule has 21 heavy (non-hydrogen) atoms. The van der Waals surface area contributed by atoms with Crippen molar-refractivity contribution in [3.05, 3.63) is 45.9 Å². The highest BCUT2D eigenvalue weighted by Gasteiger charge is 2.11. The molecule has 0 saturated heterocycles. The van der Waals surface area contributed by atoms with Gasteiger partial charge in [-0.25, -0.2) is 14.4 Å². The minimum atomic E-state index is -0.291. The van der Waals surface area contributed by atoms with Crippen LogP contribution < -0.4 is 5.32 Å². The van der Waals surface area contributed by atoms with Crippen LogP contribution in [0.25, 0.3) is 11.4 Å². The van der Waals surface area contributed by atoms with Crippen LogP contribution in [0.3, 0.4) is 0 Å². The molecule has 2 aromatic rings. The van der Waals surface area contributed by atoms with Crippen LogP contribution in [0.4, 0.5) is 4.39 Å². The Balaban J connectivity index is 2.32. The van der Waals surface area contributed by atoms with Gasteiger partial charge in [0.2, 0.25) is 0 Å². The third kappa shape index (κ3) is 4.58. The Morgan fingerprint density at radius 3 is 2.52 bits per heavy atom. The maximum atomic E-state index is 13.3. The molecule has 0 radical (unpaired) electrons. The predicted molar refractivity (Wildman–Crippen MR) is 86.5 cm³/mol. The van der Waals surface area contributed by atoms with Crippen LogP contribution >= 0.6 is 15.9 Å². The standard InChI is InChI=1S/C16H19BrFN3/c1-10-7-12(9-19-16(2,3)4)21-15(20-10)11-5-6-14(18)13(17)8-11/h5-8,19H,9H2,1-4H3. The third-order valence-corrected chi connectivity index (χ3v) is 3.49. The van der Waals surface area contributed by atoms with Crippen LogP contribution in [0.1, 0.15) is 32.2 Å². The Labute approximate surface area is 133 Å². The van der Waals surface area contributed by atoms with Crippen molar-refractivity contribution in [1.29, 1.82) is 0 Å². The molecule has 1 aromatic carbocycles. The lowest BCUT2D eigenvalue weighted by Gasteiger charge is -2.20. The summed E-state index contributed by atoms with van der Waals surface area (Å²) in [6, 6.07) is 6.76. The van der Waals surface area contributed by atoms with Crippen molar-refractivity contribution in [3.63, 3.8) is 0 Å². The normalized spacial score (nSPS) is 11.7. The number of hydrogen-bond acceptors (Lipinski definition) is 3. The fourth-order valence-corrected chi connectivity index (χ4v) is 2.22. The molecule has 1 N–H and O–H groups in total. The summed E-state index contributed by atoms with van der Waals surface area (Å²) in [6.07, 6.45) is 0. The number of benzene rings is 1. The number of hydrogen-bond donors (Lipinski definition) is 1. The zero-order chi connectivity index (χ0) is 15.6. The van der Waals surface area contributed by atoms with Crippen LogP contribution in [-0.4, -0.2) is 15.5 Å². The van der Waals surface area contributed by atoms with Crippen LogP contribution in [0.2, 0.25) is 0 Å². The average Bonchev–Trinajstić information content (AvgIpc) is 2.38. The molecule has 0 spiro atoms. The second kappa shape index (κ2) is 6.20. The maximum absolute atomic E-state index is 13.3. The zero-order valence-electron chi connectivity index (χ0n) is 12.7. The molecule has 0 bridgehead atoms. The lowest BCUT2D eigenvalue weighted by Crippen LogP contribution is -2.35. The van der Waals surface area contributed by atoms with E-state index in [0.29, 0.717) is 16.8 Å². The highest BCUT2D eigenvalue weighted by Crippen LogP contribution is 2.23. The molecule has 0 atom stereocenters. The lowest BCUT2D eigenvalue weighted by atomic mass is 10.1. The number of aromatic nitrogens is 2. The molecule has 2 rings (SSSR count). The van der Waals surface area contributed by atoms with E-state index in [9.17, 15) is 4.39 Å². The fourth-order valence-electron chi connectivity index (χ4n) is 1.84. The number of aryl methyl sites for hydroxylation is 1. The molecule has 0 aliphatic carbocycles. The van der Waals surface area contributed by atoms with E-state index in [0.717, 1.165) is 17.0 Å². The summed E-state index contributed by atoms with van der Waals surface area (Å²) in [7, 11) is 0. The minimum absolute atomic E-state index is 0.0257. The highest BCUT2D eigenvalue weighted by atomic mass is 79.9. The lowest BCUT2D eigenvalue weighted by molar-refractivity contribution is 0.421. The predicted octanol–water partition coefficient (Wildman–Crippen LogP) is 4.24. The van der Waals surface area contributed by atoms with Crippen LogP contribution in [0, 0.1) is 12.7 Å². The summed E-state index contributed by atoms with van der Waals surface area (Å²) in [5.74, 6) is 0.322. The summed E-state index contributed by atoms with van der Waals surface area (Å²) in [6.45, 7) is 8.93. The van der Waals surface area contributed by atoms with Gasteiger partial charge < -0.3 is 5.32 Å². The van der Waals surface area contributed by atoms with Gasteiger partial charge in [-0.15, -0.1) is 0 Å². The smallest absolute Gasteiger partial charge is 0.159 e. The molecule has 0 saturated carbocycles. The molecular formula is C16H19BrFN3. The second-order valence-electron chi connectivity index (χ2n) is 6.06. The van der Waals surface area contributed by atoms with Crippen molar-refractivity contribution in [1.82, 2.24) is 15.3 Å². The van der Waals surface area contributed by atoms with Gasteiger partial charge in [-0.05, 0) is 67.9 Å². The summed E-state index contributed by atoms with van der Waals surface area (Å²) in [5, 5.41) is 3.41. The molecule has 1 heterocycles. The largest absolute Gasteiger partial charge is 0.306 e. The molecule has 1 aromatic heterocycles. The van der Waals surface area contributed by atoms with Gasteiger partial charge in [-0.1, -0.05) is 0 Å². The molecule has 0 aliphatic rings. The Bertz CT molecular complexity index is 650. The van der Waals surface area contributed by atoms with E-state index in [1.54, 1.807) is 12.1 Å². The Morgan fingerprint density at radius 1 is 1.19 bits per heavy atom. The van der Waals surface area contributed by atoms with Crippen molar-refractivity contribution in [2.75, 3.05) is 0 Å². The Kier molecular flexibility index (Phi) is 4.74. The van der Waals surface area contributed by atoms with Gasteiger partial charge in [0.25, 0.3) is 0 Å². The number of halogens is 2. The zero-order valence-corrected chi connectivity index (χ0v) is 14.3. The van der Waals surface area contributed by atoms with Crippen molar-refractivity contribution in [3.8, 4) is 11.4 Å². The average molecular weight is 352 g/mol. The molecule has 0 unspecified atom stereocenters. The first-order chi connectivity index (χ1) is 9.74. The Morgan fingerprint density at radius 2 is 1.90 bits per heavy atom. The van der Waals surface area contributed by atoms with Crippen LogP contribution in [0.5, 0.6) is 0 Å². The monoisotopic (exact) mass is 351 g/mol. The Hall–Kier alpha value is -1.33. The van der Waals surface area contributed by atoms with E-state index in [1.807, 2.05) is 13.0 Å². The molecule has 0 aliphatic heterocycles. The van der Waals surface area contributed by atoms with E-state index in [2.05, 4.69) is 52.0 Å². The van der Waals surface area contributed by atoms with Gasteiger partial charge in [0, 0.05) is 23.3 Å². The maximum Gasteiger partial charge on any atom is 0.159 e. The molecule has 5 heteroatoms. The fraction of sp³-hybridized carbons (Fsp3) is 0.375. The first kappa shape index (κ1) is 16.0. The van der Waals surface area contributed by atoms with E-state index in [4.69, 9.17) is 0 Å². The van der Waals surface area contributed by atoms with Gasteiger partial charge in [-0.2, -0.15) is 0 Å². The second-order valence-corrected chi connectivity index (χ2v) is 6.91. The quantitative estimate of drug-likeness (QED) is 0.898. The number of nitrogens with zero attached hydrogens (tertiary/aromatic N) is 2. The highest BCUT2D eigenvalue weighted by molar-refractivity contribution is 9.10. The molecular weight excluding hydrogens is 333 g/mol. The first-order valence-corrected chi connectivity index (χ1v) is 7.59. The minimum Gasteiger partial charge on any atom is -0.306 e. The summed E-state index contributed by atoms with van der Waals surface area (Å²) >= 11 is 3.19. The van der Waals surface area contributed by atoms with Crippen LogP contribution in [0.15, 0.2) is 28.7 Å². The van der Waals surface area contributed by atoms with E-state index in [1.165, 1.54) is 6.07 Å².